The lowest BCUT2D eigenvalue weighted by molar-refractivity contribution is 1.14. The Kier molecular flexibility index (Phi) is 2.53. The molecule has 4 heteroatoms. The van der Waals surface area contributed by atoms with Crippen LogP contribution in [0.15, 0.2) is 46.5 Å². The second-order valence-electron chi connectivity index (χ2n) is 3.58. The summed E-state index contributed by atoms with van der Waals surface area (Å²) in [6.45, 7) is 0. The number of pyridine rings is 1. The minimum Gasteiger partial charge on any atom is -0.306 e. The van der Waals surface area contributed by atoms with Crippen LogP contribution in [0.2, 0.25) is 0 Å². The fourth-order valence-electron chi connectivity index (χ4n) is 1.71. The largest absolute Gasteiger partial charge is 0.306 e. The molecule has 0 saturated carbocycles. The molecule has 0 fully saturated rings. The number of nitrogens with zero attached hydrogens (tertiary/aromatic N) is 2. The highest BCUT2D eigenvalue weighted by molar-refractivity contribution is 9.10. The van der Waals surface area contributed by atoms with Gasteiger partial charge in [0, 0.05) is 23.7 Å². The van der Waals surface area contributed by atoms with Crippen molar-refractivity contribution < 1.29 is 0 Å². The van der Waals surface area contributed by atoms with Crippen molar-refractivity contribution in [3.05, 3.63) is 57.1 Å². The highest BCUT2D eigenvalue weighted by atomic mass is 79.9. The Labute approximate surface area is 106 Å². The van der Waals surface area contributed by atoms with Crippen molar-refractivity contribution in [1.82, 2.24) is 9.38 Å². The second-order valence-corrected chi connectivity index (χ2v) is 5.46. The Morgan fingerprint density at radius 1 is 1.31 bits per heavy atom. The van der Waals surface area contributed by atoms with Gasteiger partial charge in [-0.05, 0) is 39.5 Å². The summed E-state index contributed by atoms with van der Waals surface area (Å²) < 4.78 is 3.08. The van der Waals surface area contributed by atoms with Gasteiger partial charge in [0.25, 0.3) is 0 Å². The molecule has 0 radical (unpaired) electrons. The van der Waals surface area contributed by atoms with Crippen molar-refractivity contribution in [3.63, 3.8) is 0 Å². The van der Waals surface area contributed by atoms with Gasteiger partial charge < -0.3 is 4.40 Å². The summed E-state index contributed by atoms with van der Waals surface area (Å²) in [5.74, 6) is 0. The summed E-state index contributed by atoms with van der Waals surface area (Å²) in [6, 6.07) is 8.24. The smallest absolute Gasteiger partial charge is 0.151 e. The van der Waals surface area contributed by atoms with Crippen LogP contribution in [0.1, 0.15) is 10.6 Å². The van der Waals surface area contributed by atoms with Gasteiger partial charge in [-0.25, -0.2) is 4.98 Å². The number of hydrogen-bond acceptors (Lipinski definition) is 2. The van der Waals surface area contributed by atoms with E-state index in [1.165, 1.54) is 4.88 Å². The lowest BCUT2D eigenvalue weighted by Gasteiger charge is -1.92. The molecular weight excluding hydrogens is 284 g/mol. The second kappa shape index (κ2) is 4.03. The molecule has 0 bridgehead atoms. The molecule has 3 rings (SSSR count). The zero-order valence-electron chi connectivity index (χ0n) is 8.43. The number of thiophene rings is 1. The van der Waals surface area contributed by atoms with Crippen molar-refractivity contribution in [2.75, 3.05) is 0 Å². The topological polar surface area (TPSA) is 17.3 Å². The molecule has 0 spiro atoms. The molecule has 0 unspecified atom stereocenters. The average Bonchev–Trinajstić information content (AvgIpc) is 2.88. The fourth-order valence-corrected chi connectivity index (χ4v) is 2.87. The molecule has 16 heavy (non-hydrogen) atoms. The first-order chi connectivity index (χ1) is 7.83. The quantitative estimate of drug-likeness (QED) is 0.703. The molecule has 3 aromatic heterocycles. The Balaban J connectivity index is 2.02. The van der Waals surface area contributed by atoms with E-state index in [2.05, 4.69) is 44.6 Å². The zero-order chi connectivity index (χ0) is 11.0. The van der Waals surface area contributed by atoms with E-state index in [-0.39, 0.29) is 0 Å². The van der Waals surface area contributed by atoms with Crippen LogP contribution < -0.4 is 0 Å². The minimum absolute atomic E-state index is 0.909. The predicted molar refractivity (Wildman–Crippen MR) is 70.0 cm³/mol. The first-order valence-corrected chi connectivity index (χ1v) is 6.65. The Morgan fingerprint density at radius 3 is 3.00 bits per heavy atom. The van der Waals surface area contributed by atoms with Crippen LogP contribution in [-0.2, 0) is 6.42 Å². The van der Waals surface area contributed by atoms with E-state index in [1.807, 2.05) is 22.7 Å². The van der Waals surface area contributed by atoms with Crippen molar-refractivity contribution in [3.8, 4) is 0 Å². The van der Waals surface area contributed by atoms with E-state index in [0.29, 0.717) is 0 Å². The van der Waals surface area contributed by atoms with Gasteiger partial charge in [-0.15, -0.1) is 11.3 Å². The molecule has 80 valence electrons. The summed E-state index contributed by atoms with van der Waals surface area (Å²) >= 11 is 5.28. The standard InChI is InChI=1S/C12H9BrN2S/c13-11-4-1-5-15-8-9(14-12(11)15)7-10-3-2-6-16-10/h1-6,8H,7H2. The lowest BCUT2D eigenvalue weighted by atomic mass is 10.3. The molecule has 3 aromatic rings. The van der Waals surface area contributed by atoms with E-state index in [9.17, 15) is 0 Å². The van der Waals surface area contributed by atoms with Gasteiger partial charge in [0.1, 0.15) is 0 Å². The van der Waals surface area contributed by atoms with Gasteiger partial charge in [-0.2, -0.15) is 0 Å². The monoisotopic (exact) mass is 292 g/mol. The van der Waals surface area contributed by atoms with E-state index >= 15 is 0 Å². The third-order valence-corrected chi connectivity index (χ3v) is 3.92. The molecule has 0 N–H and O–H groups in total. The van der Waals surface area contributed by atoms with E-state index in [4.69, 9.17) is 0 Å². The van der Waals surface area contributed by atoms with Crippen LogP contribution in [0.4, 0.5) is 0 Å². The Morgan fingerprint density at radius 2 is 2.25 bits per heavy atom. The maximum atomic E-state index is 4.61. The van der Waals surface area contributed by atoms with E-state index in [0.717, 1.165) is 22.2 Å². The molecule has 0 aromatic carbocycles. The normalized spacial score (nSPS) is 11.1. The highest BCUT2D eigenvalue weighted by Crippen LogP contribution is 2.19. The molecule has 0 saturated heterocycles. The molecule has 0 aliphatic rings. The number of halogens is 1. The maximum Gasteiger partial charge on any atom is 0.151 e. The maximum absolute atomic E-state index is 4.61. The van der Waals surface area contributed by atoms with Gasteiger partial charge in [-0.1, -0.05) is 6.07 Å². The van der Waals surface area contributed by atoms with Gasteiger partial charge in [0.05, 0.1) is 10.2 Å². The van der Waals surface area contributed by atoms with Crippen molar-refractivity contribution in [2.24, 2.45) is 0 Å². The number of fused-ring (bicyclic) bond motifs is 1. The summed E-state index contributed by atoms with van der Waals surface area (Å²) in [4.78, 5) is 5.96. The van der Waals surface area contributed by atoms with Gasteiger partial charge in [0.15, 0.2) is 5.65 Å². The van der Waals surface area contributed by atoms with Crippen LogP contribution in [0.3, 0.4) is 0 Å². The number of imidazole rings is 1. The molecular formula is C12H9BrN2S. The third kappa shape index (κ3) is 1.79. The summed E-state index contributed by atoms with van der Waals surface area (Å²) in [5.41, 5.74) is 2.09. The molecule has 0 aliphatic heterocycles. The van der Waals surface area contributed by atoms with Crippen LogP contribution in [0.5, 0.6) is 0 Å². The molecule has 0 amide bonds. The van der Waals surface area contributed by atoms with Gasteiger partial charge in [0.2, 0.25) is 0 Å². The zero-order valence-corrected chi connectivity index (χ0v) is 10.8. The number of hydrogen-bond donors (Lipinski definition) is 0. The predicted octanol–water partition coefficient (Wildman–Crippen LogP) is 3.75. The summed E-state index contributed by atoms with van der Waals surface area (Å²) in [7, 11) is 0. The van der Waals surface area contributed by atoms with Crippen molar-refractivity contribution in [2.45, 2.75) is 6.42 Å². The fraction of sp³-hybridized carbons (Fsp3) is 0.0833. The number of aromatic nitrogens is 2. The van der Waals surface area contributed by atoms with E-state index in [1.54, 1.807) is 11.3 Å². The highest BCUT2D eigenvalue weighted by Gasteiger charge is 2.05. The van der Waals surface area contributed by atoms with Crippen molar-refractivity contribution >= 4 is 32.9 Å². The minimum atomic E-state index is 0.909. The van der Waals surface area contributed by atoms with Crippen LogP contribution in [0, 0.1) is 0 Å². The lowest BCUT2D eigenvalue weighted by Crippen LogP contribution is -1.83. The average molecular weight is 293 g/mol. The van der Waals surface area contributed by atoms with Crippen LogP contribution in [0.25, 0.3) is 5.65 Å². The number of rotatable bonds is 2. The van der Waals surface area contributed by atoms with Gasteiger partial charge >= 0.3 is 0 Å². The summed E-state index contributed by atoms with van der Waals surface area (Å²) in [6.07, 6.45) is 5.01. The first kappa shape index (κ1) is 10.1. The third-order valence-electron chi connectivity index (χ3n) is 2.42. The van der Waals surface area contributed by atoms with Crippen LogP contribution >= 0.6 is 27.3 Å². The SMILES string of the molecule is Brc1cccn2cc(Cc3cccs3)nc12. The van der Waals surface area contributed by atoms with Crippen LogP contribution in [-0.4, -0.2) is 9.38 Å². The Hall–Kier alpha value is -1.13. The molecule has 2 nitrogen and oxygen atoms in total. The molecule has 0 aliphatic carbocycles. The molecule has 0 atom stereocenters. The van der Waals surface area contributed by atoms with Gasteiger partial charge in [-0.3, -0.25) is 0 Å². The molecule has 3 heterocycles. The Bertz CT molecular complexity index is 613. The van der Waals surface area contributed by atoms with Crippen molar-refractivity contribution in [1.29, 1.82) is 0 Å². The summed E-state index contributed by atoms with van der Waals surface area (Å²) in [5, 5.41) is 2.10. The van der Waals surface area contributed by atoms with E-state index < -0.39 is 0 Å². The first-order valence-electron chi connectivity index (χ1n) is 4.97.